The summed E-state index contributed by atoms with van der Waals surface area (Å²) in [5.74, 6) is 0. The largest absolute Gasteiger partial charge is 0.399 e. The van der Waals surface area contributed by atoms with Crippen molar-refractivity contribution >= 4 is 22.7 Å². The summed E-state index contributed by atoms with van der Waals surface area (Å²) in [7, 11) is 0. The Labute approximate surface area is 126 Å². The molecule has 2 aromatic rings. The lowest BCUT2D eigenvalue weighted by atomic mass is 10.2. The molecule has 0 bridgehead atoms. The third kappa shape index (κ3) is 4.31. The van der Waals surface area contributed by atoms with Gasteiger partial charge in [-0.1, -0.05) is 0 Å². The maximum Gasteiger partial charge on any atom is 0.0345 e. The number of nitrogens with two attached hydrogens (primary N) is 2. The van der Waals surface area contributed by atoms with Crippen molar-refractivity contribution in [2.75, 3.05) is 35.2 Å². The van der Waals surface area contributed by atoms with Crippen molar-refractivity contribution in [1.29, 1.82) is 0 Å². The van der Waals surface area contributed by atoms with Crippen LogP contribution in [0.2, 0.25) is 0 Å². The van der Waals surface area contributed by atoms with Crippen molar-refractivity contribution in [3.63, 3.8) is 0 Å². The van der Waals surface area contributed by atoms with E-state index in [0.717, 1.165) is 53.4 Å². The van der Waals surface area contributed by atoms with E-state index in [4.69, 9.17) is 11.5 Å². The molecule has 0 atom stereocenters. The lowest BCUT2D eigenvalue weighted by molar-refractivity contribution is 0.909. The monoisotopic (exact) mass is 284 g/mol. The topological polar surface area (TPSA) is 76.1 Å². The summed E-state index contributed by atoms with van der Waals surface area (Å²) in [6, 6.07) is 12.1. The van der Waals surface area contributed by atoms with E-state index in [9.17, 15) is 0 Å². The van der Waals surface area contributed by atoms with Crippen LogP contribution >= 0.6 is 0 Å². The number of nitrogen functional groups attached to an aromatic ring is 2. The van der Waals surface area contributed by atoms with Gasteiger partial charge in [-0.2, -0.15) is 0 Å². The molecule has 0 fully saturated rings. The molecule has 0 unspecified atom stereocenters. The average molecular weight is 284 g/mol. The van der Waals surface area contributed by atoms with Crippen LogP contribution in [0, 0.1) is 13.8 Å². The first-order valence-corrected chi connectivity index (χ1v) is 7.26. The fourth-order valence-corrected chi connectivity index (χ4v) is 2.13. The van der Waals surface area contributed by atoms with Crippen molar-refractivity contribution in [2.24, 2.45) is 0 Å². The highest BCUT2D eigenvalue weighted by atomic mass is 14.9. The minimum Gasteiger partial charge on any atom is -0.399 e. The van der Waals surface area contributed by atoms with Crippen molar-refractivity contribution < 1.29 is 0 Å². The Morgan fingerprint density at radius 2 is 1.19 bits per heavy atom. The van der Waals surface area contributed by atoms with Crippen LogP contribution in [0.15, 0.2) is 36.4 Å². The molecule has 0 amide bonds. The third-order valence-electron chi connectivity index (χ3n) is 3.55. The molecule has 0 spiro atoms. The second-order valence-electron chi connectivity index (χ2n) is 5.35. The van der Waals surface area contributed by atoms with Crippen LogP contribution in [0.1, 0.15) is 17.5 Å². The molecule has 2 aromatic carbocycles. The zero-order valence-electron chi connectivity index (χ0n) is 12.7. The number of nitrogens with one attached hydrogen (secondary N) is 2. The lowest BCUT2D eigenvalue weighted by Gasteiger charge is -2.10. The summed E-state index contributed by atoms with van der Waals surface area (Å²) in [6.45, 7) is 5.88. The second-order valence-corrected chi connectivity index (χ2v) is 5.35. The molecule has 0 aliphatic carbocycles. The minimum absolute atomic E-state index is 0.834. The Kier molecular flexibility index (Phi) is 4.93. The molecule has 0 saturated carbocycles. The smallest absolute Gasteiger partial charge is 0.0345 e. The van der Waals surface area contributed by atoms with E-state index in [-0.39, 0.29) is 0 Å². The Morgan fingerprint density at radius 1 is 0.762 bits per heavy atom. The van der Waals surface area contributed by atoms with Crippen molar-refractivity contribution in [1.82, 2.24) is 0 Å². The lowest BCUT2D eigenvalue weighted by Crippen LogP contribution is -2.09. The number of hydrogen-bond donors (Lipinski definition) is 4. The molecule has 6 N–H and O–H groups in total. The van der Waals surface area contributed by atoms with E-state index >= 15 is 0 Å². The van der Waals surface area contributed by atoms with Crippen LogP contribution < -0.4 is 22.1 Å². The van der Waals surface area contributed by atoms with E-state index in [1.807, 2.05) is 38.1 Å². The highest BCUT2D eigenvalue weighted by molar-refractivity contribution is 5.57. The number of hydrogen-bond acceptors (Lipinski definition) is 4. The van der Waals surface area contributed by atoms with Crippen LogP contribution in [0.3, 0.4) is 0 Å². The number of aryl methyl sites for hydroxylation is 2. The van der Waals surface area contributed by atoms with Gasteiger partial charge in [0, 0.05) is 35.8 Å². The number of benzene rings is 2. The standard InChI is InChI=1S/C17H24N4/c1-12-10-14(4-6-16(12)18)20-8-3-9-21-15-5-7-17(19)13(2)11-15/h4-7,10-11,20-21H,3,8-9,18-19H2,1-2H3. The molecule has 4 heteroatoms. The Morgan fingerprint density at radius 3 is 1.57 bits per heavy atom. The predicted octanol–water partition coefficient (Wildman–Crippen LogP) is 3.38. The zero-order valence-corrected chi connectivity index (χ0v) is 12.7. The highest BCUT2D eigenvalue weighted by Gasteiger charge is 1.98. The predicted molar refractivity (Wildman–Crippen MR) is 92.8 cm³/mol. The molecule has 0 aliphatic rings. The maximum atomic E-state index is 5.81. The average Bonchev–Trinajstić information content (AvgIpc) is 2.46. The quantitative estimate of drug-likeness (QED) is 0.484. The van der Waals surface area contributed by atoms with Crippen molar-refractivity contribution in [3.05, 3.63) is 47.5 Å². The molecule has 0 radical (unpaired) electrons. The van der Waals surface area contributed by atoms with Gasteiger partial charge in [-0.05, 0) is 67.8 Å². The second kappa shape index (κ2) is 6.88. The van der Waals surface area contributed by atoms with Crippen LogP contribution in [-0.4, -0.2) is 13.1 Å². The van der Waals surface area contributed by atoms with Gasteiger partial charge in [-0.25, -0.2) is 0 Å². The van der Waals surface area contributed by atoms with Crippen LogP contribution in [0.4, 0.5) is 22.7 Å². The summed E-state index contributed by atoms with van der Waals surface area (Å²) >= 11 is 0. The number of anilines is 4. The Bertz CT molecular complexity index is 554. The molecule has 112 valence electrons. The van der Waals surface area contributed by atoms with Gasteiger partial charge < -0.3 is 22.1 Å². The summed E-state index contributed by atoms with van der Waals surface area (Å²) in [6.07, 6.45) is 1.03. The molecule has 0 aliphatic heterocycles. The summed E-state index contributed by atoms with van der Waals surface area (Å²) < 4.78 is 0. The van der Waals surface area contributed by atoms with Gasteiger partial charge >= 0.3 is 0 Å². The summed E-state index contributed by atoms with van der Waals surface area (Å²) in [5, 5.41) is 6.81. The first-order valence-electron chi connectivity index (χ1n) is 7.26. The van der Waals surface area contributed by atoms with Gasteiger partial charge in [0.05, 0.1) is 0 Å². The van der Waals surface area contributed by atoms with Gasteiger partial charge in [0.2, 0.25) is 0 Å². The van der Waals surface area contributed by atoms with E-state index < -0.39 is 0 Å². The molecular formula is C17H24N4. The summed E-state index contributed by atoms with van der Waals surface area (Å²) in [4.78, 5) is 0. The SMILES string of the molecule is Cc1cc(NCCCNc2ccc(N)c(C)c2)ccc1N. The minimum atomic E-state index is 0.834. The molecule has 0 aromatic heterocycles. The molecular weight excluding hydrogens is 260 g/mol. The molecule has 2 rings (SSSR count). The van der Waals surface area contributed by atoms with Crippen LogP contribution in [-0.2, 0) is 0 Å². The van der Waals surface area contributed by atoms with E-state index in [0.29, 0.717) is 0 Å². The third-order valence-corrected chi connectivity index (χ3v) is 3.55. The normalized spacial score (nSPS) is 10.4. The highest BCUT2D eigenvalue weighted by Crippen LogP contribution is 2.17. The Balaban J connectivity index is 1.72. The maximum absolute atomic E-state index is 5.81. The molecule has 0 saturated heterocycles. The molecule has 0 heterocycles. The van der Waals surface area contributed by atoms with Gasteiger partial charge in [0.1, 0.15) is 0 Å². The first-order chi connectivity index (χ1) is 10.1. The fraction of sp³-hybridized carbons (Fsp3) is 0.294. The fourth-order valence-electron chi connectivity index (χ4n) is 2.13. The van der Waals surface area contributed by atoms with Gasteiger partial charge in [0.25, 0.3) is 0 Å². The van der Waals surface area contributed by atoms with Gasteiger partial charge in [-0.3, -0.25) is 0 Å². The molecule has 21 heavy (non-hydrogen) atoms. The van der Waals surface area contributed by atoms with Crippen molar-refractivity contribution in [3.8, 4) is 0 Å². The Hall–Kier alpha value is -2.36. The number of rotatable bonds is 6. The first kappa shape index (κ1) is 15.0. The van der Waals surface area contributed by atoms with Crippen LogP contribution in [0.25, 0.3) is 0 Å². The van der Waals surface area contributed by atoms with Crippen LogP contribution in [0.5, 0.6) is 0 Å². The van der Waals surface area contributed by atoms with E-state index in [1.165, 1.54) is 0 Å². The van der Waals surface area contributed by atoms with Crippen molar-refractivity contribution in [2.45, 2.75) is 20.3 Å². The summed E-state index contributed by atoms with van der Waals surface area (Å²) in [5.41, 5.74) is 17.7. The van der Waals surface area contributed by atoms with E-state index in [1.54, 1.807) is 0 Å². The molecule has 4 nitrogen and oxygen atoms in total. The zero-order chi connectivity index (χ0) is 15.2. The van der Waals surface area contributed by atoms with Gasteiger partial charge in [0.15, 0.2) is 0 Å². The van der Waals surface area contributed by atoms with Gasteiger partial charge in [-0.15, -0.1) is 0 Å². The van der Waals surface area contributed by atoms with E-state index in [2.05, 4.69) is 22.8 Å².